The number of carbonyl (C=O) groups is 1. The van der Waals surface area contributed by atoms with E-state index >= 15 is 0 Å². The van der Waals surface area contributed by atoms with Gasteiger partial charge < -0.3 is 47.4 Å². The highest BCUT2D eigenvalue weighted by molar-refractivity contribution is 14.1. The van der Waals surface area contributed by atoms with Gasteiger partial charge in [0.15, 0.2) is 0 Å². The predicted molar refractivity (Wildman–Crippen MR) is 198 cm³/mol. The monoisotopic (exact) mass is 806 g/mol. The maximum Gasteiger partial charge on any atom is 0.305 e. The van der Waals surface area contributed by atoms with E-state index in [0.717, 1.165) is 23.9 Å². The molecule has 0 aliphatic rings. The highest BCUT2D eigenvalue weighted by Gasteiger charge is 2.03. The van der Waals surface area contributed by atoms with E-state index in [4.69, 9.17) is 47.4 Å². The van der Waals surface area contributed by atoms with Gasteiger partial charge in [0, 0.05) is 10.8 Å². The van der Waals surface area contributed by atoms with Crippen LogP contribution in [0.2, 0.25) is 0 Å². The minimum absolute atomic E-state index is 0.128. The fourth-order valence-corrected chi connectivity index (χ4v) is 4.80. The van der Waals surface area contributed by atoms with E-state index < -0.39 is 0 Å². The van der Waals surface area contributed by atoms with Crippen molar-refractivity contribution in [3.05, 3.63) is 0 Å². The van der Waals surface area contributed by atoms with Crippen molar-refractivity contribution in [1.29, 1.82) is 0 Å². The summed E-state index contributed by atoms with van der Waals surface area (Å²) in [4.78, 5) is 11.9. The van der Waals surface area contributed by atoms with E-state index in [1.807, 2.05) is 0 Å². The van der Waals surface area contributed by atoms with Gasteiger partial charge in [0.1, 0.15) is 6.61 Å². The molecule has 0 N–H and O–H groups in total. The lowest BCUT2D eigenvalue weighted by molar-refractivity contribution is -0.145. The van der Waals surface area contributed by atoms with Crippen LogP contribution in [0, 0.1) is 0 Å². The second-order valence-electron chi connectivity index (χ2n) is 11.4. The molecule has 0 aromatic rings. The molecule has 0 saturated heterocycles. The van der Waals surface area contributed by atoms with Crippen molar-refractivity contribution in [2.45, 2.75) is 96.8 Å². The molecule has 0 fully saturated rings. The summed E-state index contributed by atoms with van der Waals surface area (Å²) >= 11 is 2.28. The fourth-order valence-electron chi connectivity index (χ4n) is 4.49. The Balaban J connectivity index is 3.12. The molecule has 11 nitrogen and oxygen atoms in total. The molecule has 0 unspecified atom stereocenters. The first-order chi connectivity index (χ1) is 23.8. The lowest BCUT2D eigenvalue weighted by atomic mass is 10.0. The first-order valence-electron chi connectivity index (χ1n) is 18.7. The van der Waals surface area contributed by atoms with E-state index in [2.05, 4.69) is 29.5 Å². The van der Waals surface area contributed by atoms with Gasteiger partial charge in [-0.1, -0.05) is 107 Å². The Kier molecular flexibility index (Phi) is 44.7. The summed E-state index contributed by atoms with van der Waals surface area (Å²) in [5.41, 5.74) is 0. The molecule has 0 rings (SSSR count). The van der Waals surface area contributed by atoms with E-state index in [1.165, 1.54) is 70.6 Å². The third-order valence-corrected chi connectivity index (χ3v) is 7.61. The largest absolute Gasteiger partial charge is 0.463 e. The molecule has 0 aliphatic heterocycles. The Morgan fingerprint density at radius 3 is 0.896 bits per heavy atom. The fraction of sp³-hybridized carbons (Fsp3) is 0.972. The standard InChI is InChI=1S/C36H71IO11/c1-2-3-4-5-6-7-8-9-10-11-12-13-14-15-36(38)48-35-34-47-33-32-46-31-30-45-29-28-44-27-26-43-25-24-42-23-22-41-21-20-40-19-18-39-17-16-37/h2-35H2,1H3. The Morgan fingerprint density at radius 1 is 0.354 bits per heavy atom. The van der Waals surface area contributed by atoms with Crippen LogP contribution in [0.1, 0.15) is 96.8 Å². The Bertz CT molecular complexity index is 604. The number of rotatable bonds is 43. The smallest absolute Gasteiger partial charge is 0.305 e. The first-order valence-corrected chi connectivity index (χ1v) is 20.2. The van der Waals surface area contributed by atoms with Crippen LogP contribution in [-0.4, -0.2) is 136 Å². The number of esters is 1. The lowest BCUT2D eigenvalue weighted by Gasteiger charge is -2.09. The average Bonchev–Trinajstić information content (AvgIpc) is 3.09. The summed E-state index contributed by atoms with van der Waals surface area (Å²) in [5, 5.41) is 0. The van der Waals surface area contributed by atoms with Gasteiger partial charge in [-0.15, -0.1) is 0 Å². The van der Waals surface area contributed by atoms with Crippen LogP contribution in [0.25, 0.3) is 0 Å². The second kappa shape index (κ2) is 44.9. The number of hydrogen-bond acceptors (Lipinski definition) is 11. The Labute approximate surface area is 306 Å². The summed E-state index contributed by atoms with van der Waals surface area (Å²) in [6.07, 6.45) is 17.4. The van der Waals surface area contributed by atoms with Crippen LogP contribution < -0.4 is 0 Å². The molecule has 0 aromatic heterocycles. The molecule has 0 spiro atoms. The van der Waals surface area contributed by atoms with Crippen molar-refractivity contribution in [3.8, 4) is 0 Å². The molecule has 48 heavy (non-hydrogen) atoms. The maximum atomic E-state index is 11.9. The van der Waals surface area contributed by atoms with Gasteiger partial charge in [-0.05, 0) is 6.42 Å². The zero-order chi connectivity index (χ0) is 34.7. The molecule has 0 heterocycles. The molecule has 0 amide bonds. The zero-order valence-corrected chi connectivity index (χ0v) is 32.6. The lowest BCUT2D eigenvalue weighted by Crippen LogP contribution is -2.15. The minimum Gasteiger partial charge on any atom is -0.463 e. The molecule has 0 saturated carbocycles. The summed E-state index contributed by atoms with van der Waals surface area (Å²) in [6, 6.07) is 0. The van der Waals surface area contributed by atoms with Gasteiger partial charge in [-0.2, -0.15) is 0 Å². The number of hydrogen-bond donors (Lipinski definition) is 0. The van der Waals surface area contributed by atoms with Crippen LogP contribution in [0.5, 0.6) is 0 Å². The maximum absolute atomic E-state index is 11.9. The summed E-state index contributed by atoms with van der Waals surface area (Å²) in [7, 11) is 0. The number of alkyl halides is 1. The van der Waals surface area contributed by atoms with E-state index in [0.29, 0.717) is 125 Å². The summed E-state index contributed by atoms with van der Waals surface area (Å²) in [5.74, 6) is -0.128. The number of ether oxygens (including phenoxy) is 10. The van der Waals surface area contributed by atoms with Gasteiger partial charge >= 0.3 is 5.97 Å². The Hall–Kier alpha value is -0.160. The van der Waals surface area contributed by atoms with Gasteiger partial charge in [0.25, 0.3) is 0 Å². The molecular formula is C36H71IO11. The van der Waals surface area contributed by atoms with Crippen molar-refractivity contribution in [2.75, 3.05) is 130 Å². The molecular weight excluding hydrogens is 735 g/mol. The van der Waals surface area contributed by atoms with E-state index in [-0.39, 0.29) is 5.97 Å². The topological polar surface area (TPSA) is 109 Å². The first kappa shape index (κ1) is 47.8. The highest BCUT2D eigenvalue weighted by atomic mass is 127. The van der Waals surface area contributed by atoms with Crippen molar-refractivity contribution >= 4 is 28.6 Å². The van der Waals surface area contributed by atoms with Gasteiger partial charge in [0.05, 0.1) is 119 Å². The summed E-state index contributed by atoms with van der Waals surface area (Å²) < 4.78 is 55.3. The van der Waals surface area contributed by atoms with Crippen molar-refractivity contribution in [2.24, 2.45) is 0 Å². The second-order valence-corrected chi connectivity index (χ2v) is 12.5. The molecule has 0 aromatic carbocycles. The highest BCUT2D eigenvalue weighted by Crippen LogP contribution is 2.13. The van der Waals surface area contributed by atoms with Crippen LogP contribution in [-0.2, 0) is 52.2 Å². The van der Waals surface area contributed by atoms with Gasteiger partial charge in [0.2, 0.25) is 0 Å². The molecule has 0 radical (unpaired) electrons. The van der Waals surface area contributed by atoms with Gasteiger partial charge in [-0.3, -0.25) is 4.79 Å². The van der Waals surface area contributed by atoms with Gasteiger partial charge in [-0.25, -0.2) is 0 Å². The van der Waals surface area contributed by atoms with Crippen LogP contribution in [0.4, 0.5) is 0 Å². The molecule has 12 heteroatoms. The third kappa shape index (κ3) is 43.9. The predicted octanol–water partition coefficient (Wildman–Crippen LogP) is 6.60. The SMILES string of the molecule is CCCCCCCCCCCCCCCC(=O)OCCOCCOCCOCCOCCOCCOCCOCCOCCOCCI. The molecule has 288 valence electrons. The normalized spacial score (nSPS) is 11.5. The van der Waals surface area contributed by atoms with Crippen LogP contribution in [0.15, 0.2) is 0 Å². The van der Waals surface area contributed by atoms with Crippen molar-refractivity contribution in [1.82, 2.24) is 0 Å². The Morgan fingerprint density at radius 2 is 0.604 bits per heavy atom. The molecule has 0 bridgehead atoms. The van der Waals surface area contributed by atoms with E-state index in [9.17, 15) is 4.79 Å². The molecule has 0 aliphatic carbocycles. The summed E-state index contributed by atoms with van der Waals surface area (Å²) in [6.45, 7) is 12.1. The van der Waals surface area contributed by atoms with E-state index in [1.54, 1.807) is 0 Å². The minimum atomic E-state index is -0.128. The average molecular weight is 807 g/mol. The zero-order valence-electron chi connectivity index (χ0n) is 30.4. The number of halogens is 1. The third-order valence-electron chi connectivity index (χ3n) is 7.17. The number of carbonyl (C=O) groups excluding carboxylic acids is 1. The van der Waals surface area contributed by atoms with Crippen molar-refractivity contribution < 1.29 is 52.2 Å². The van der Waals surface area contributed by atoms with Crippen molar-refractivity contribution in [3.63, 3.8) is 0 Å². The number of unbranched alkanes of at least 4 members (excludes halogenated alkanes) is 12. The van der Waals surface area contributed by atoms with Crippen LogP contribution in [0.3, 0.4) is 0 Å². The molecule has 0 atom stereocenters. The quantitative estimate of drug-likeness (QED) is 0.0288. The van der Waals surface area contributed by atoms with Crippen LogP contribution >= 0.6 is 22.6 Å².